The fourth-order valence-corrected chi connectivity index (χ4v) is 5.83. The molecular weight excluding hydrogens is 396 g/mol. The lowest BCUT2D eigenvalue weighted by Gasteiger charge is -2.28. The van der Waals surface area contributed by atoms with Crippen LogP contribution in [-0.2, 0) is 10.8 Å². The highest BCUT2D eigenvalue weighted by Gasteiger charge is 2.27. The molecule has 0 amide bonds. The maximum atomic E-state index is 10.9. The largest absolute Gasteiger partial charge is 0.507 e. The van der Waals surface area contributed by atoms with Gasteiger partial charge in [0.15, 0.2) is 0 Å². The molecule has 0 aliphatic heterocycles. The Morgan fingerprint density at radius 1 is 0.742 bits per heavy atom. The van der Waals surface area contributed by atoms with Crippen molar-refractivity contribution in [1.82, 2.24) is 0 Å². The maximum absolute atomic E-state index is 10.9. The second-order valence-corrected chi connectivity index (χ2v) is 12.2. The van der Waals surface area contributed by atoms with Crippen molar-refractivity contribution in [3.63, 3.8) is 0 Å². The number of aromatic hydroxyl groups is 1. The molecule has 164 valence electrons. The van der Waals surface area contributed by atoms with Crippen molar-refractivity contribution in [3.8, 4) is 11.5 Å². The summed E-state index contributed by atoms with van der Waals surface area (Å²) in [6.07, 6.45) is 0.742. The normalized spacial score (nSPS) is 12.6. The Morgan fingerprint density at radius 2 is 1.16 bits per heavy atom. The smallest absolute Gasteiger partial charge is 0.123 e. The van der Waals surface area contributed by atoms with Crippen molar-refractivity contribution in [2.45, 2.75) is 57.9 Å². The summed E-state index contributed by atoms with van der Waals surface area (Å²) in [4.78, 5) is 0. The fourth-order valence-electron chi connectivity index (χ4n) is 4.03. The molecule has 0 unspecified atom stereocenters. The van der Waals surface area contributed by atoms with E-state index in [9.17, 15) is 5.11 Å². The minimum Gasteiger partial charge on any atom is -0.507 e. The third-order valence-corrected chi connectivity index (χ3v) is 7.74. The van der Waals surface area contributed by atoms with Gasteiger partial charge < -0.3 is 9.84 Å². The van der Waals surface area contributed by atoms with Gasteiger partial charge >= 0.3 is 0 Å². The highest BCUT2D eigenvalue weighted by molar-refractivity contribution is 6.39. The summed E-state index contributed by atoms with van der Waals surface area (Å²) in [5.74, 6) is 1.26. The van der Waals surface area contributed by atoms with Gasteiger partial charge in [0.1, 0.15) is 11.5 Å². The van der Waals surface area contributed by atoms with E-state index in [0.717, 1.165) is 23.1 Å². The monoisotopic (exact) mass is 432 g/mol. The molecule has 0 bridgehead atoms. The van der Waals surface area contributed by atoms with Crippen LogP contribution >= 0.6 is 0 Å². The Hall–Kier alpha value is -2.52. The molecule has 0 saturated carbocycles. The molecule has 0 saturated heterocycles. The molecule has 1 N–H and O–H groups in total. The SMILES string of the molecule is CC(C)(C)c1cc(OC[SiH2]C(c2ccccc2)c2ccccc2)cc(C(C)(C)C)c1O. The molecule has 31 heavy (non-hydrogen) atoms. The van der Waals surface area contributed by atoms with E-state index < -0.39 is 9.52 Å². The summed E-state index contributed by atoms with van der Waals surface area (Å²) >= 11 is 0. The van der Waals surface area contributed by atoms with Crippen LogP contribution in [0.15, 0.2) is 72.8 Å². The Balaban J connectivity index is 1.86. The van der Waals surface area contributed by atoms with Gasteiger partial charge in [-0.3, -0.25) is 0 Å². The zero-order valence-corrected chi connectivity index (χ0v) is 21.2. The second kappa shape index (κ2) is 9.31. The minimum absolute atomic E-state index is 0.155. The van der Waals surface area contributed by atoms with E-state index in [2.05, 4.69) is 102 Å². The number of ether oxygens (including phenoxy) is 1. The number of phenols is 1. The summed E-state index contributed by atoms with van der Waals surface area (Å²) in [6.45, 7) is 12.8. The number of hydrogen-bond donors (Lipinski definition) is 1. The van der Waals surface area contributed by atoms with E-state index in [4.69, 9.17) is 4.74 Å². The molecule has 0 fully saturated rings. The van der Waals surface area contributed by atoms with Crippen molar-refractivity contribution in [1.29, 1.82) is 0 Å². The second-order valence-electron chi connectivity index (χ2n) is 10.4. The van der Waals surface area contributed by atoms with Gasteiger partial charge in [0.25, 0.3) is 0 Å². The van der Waals surface area contributed by atoms with Crippen molar-refractivity contribution in [2.75, 3.05) is 6.23 Å². The van der Waals surface area contributed by atoms with Crippen LogP contribution in [0.1, 0.15) is 69.3 Å². The molecule has 3 aromatic carbocycles. The lowest BCUT2D eigenvalue weighted by molar-refractivity contribution is 0.372. The topological polar surface area (TPSA) is 29.5 Å². The lowest BCUT2D eigenvalue weighted by Crippen LogP contribution is -2.20. The standard InChI is InChI=1S/C28H36O2Si/c1-27(2,3)23-17-22(18-24(25(23)29)28(4,5)6)30-19-31-26(20-13-9-7-10-14-20)21-15-11-8-12-16-21/h7-18,26,29H,19,31H2,1-6H3. The van der Waals surface area contributed by atoms with Crippen molar-refractivity contribution in [3.05, 3.63) is 95.1 Å². The number of rotatable bonds is 6. The average molecular weight is 433 g/mol. The summed E-state index contributed by atoms with van der Waals surface area (Å²) in [7, 11) is -0.602. The van der Waals surface area contributed by atoms with Crippen molar-refractivity contribution in [2.24, 2.45) is 0 Å². The molecule has 0 spiro atoms. The highest BCUT2D eigenvalue weighted by Crippen LogP contribution is 2.41. The van der Waals surface area contributed by atoms with Crippen LogP contribution in [0.2, 0.25) is 0 Å². The van der Waals surface area contributed by atoms with Gasteiger partial charge in [0.05, 0.1) is 15.7 Å². The number of phenolic OH excluding ortho intramolecular Hbond substituents is 1. The summed E-state index contributed by atoms with van der Waals surface area (Å²) in [5, 5.41) is 10.9. The fraction of sp³-hybridized carbons (Fsp3) is 0.357. The van der Waals surface area contributed by atoms with Crippen LogP contribution in [0.4, 0.5) is 0 Å². The molecule has 3 aromatic rings. The van der Waals surface area contributed by atoms with Gasteiger partial charge in [-0.2, -0.15) is 0 Å². The van der Waals surface area contributed by atoms with Crippen LogP contribution in [0.25, 0.3) is 0 Å². The predicted octanol–water partition coefficient (Wildman–Crippen LogP) is 6.28. The highest BCUT2D eigenvalue weighted by atomic mass is 28.2. The maximum Gasteiger partial charge on any atom is 0.123 e. The Bertz CT molecular complexity index is 909. The summed E-state index contributed by atoms with van der Waals surface area (Å²) < 4.78 is 6.36. The number of benzene rings is 3. The van der Waals surface area contributed by atoms with E-state index in [-0.39, 0.29) is 10.8 Å². The molecule has 0 aliphatic rings. The molecule has 0 heterocycles. The first-order chi connectivity index (χ1) is 14.6. The van der Waals surface area contributed by atoms with E-state index in [1.165, 1.54) is 11.1 Å². The molecule has 2 nitrogen and oxygen atoms in total. The Morgan fingerprint density at radius 3 is 1.55 bits per heavy atom. The average Bonchev–Trinajstić information content (AvgIpc) is 2.71. The summed E-state index contributed by atoms with van der Waals surface area (Å²) in [5.41, 5.74) is 4.72. The first-order valence-corrected chi connectivity index (χ1v) is 13.0. The van der Waals surface area contributed by atoms with Crippen LogP contribution in [0.5, 0.6) is 11.5 Å². The number of hydrogen-bond acceptors (Lipinski definition) is 2. The lowest BCUT2D eigenvalue weighted by atomic mass is 9.79. The van der Waals surface area contributed by atoms with Crippen LogP contribution < -0.4 is 4.74 Å². The van der Waals surface area contributed by atoms with Gasteiger partial charge in [-0.1, -0.05) is 102 Å². The third-order valence-electron chi connectivity index (χ3n) is 5.78. The Kier molecular flexibility index (Phi) is 6.95. The van der Waals surface area contributed by atoms with Crippen LogP contribution in [0, 0.1) is 0 Å². The van der Waals surface area contributed by atoms with Gasteiger partial charge in [-0.25, -0.2) is 0 Å². The molecule has 3 rings (SSSR count). The van der Waals surface area contributed by atoms with E-state index >= 15 is 0 Å². The molecule has 3 heteroatoms. The van der Waals surface area contributed by atoms with E-state index in [1.807, 2.05) is 12.1 Å². The van der Waals surface area contributed by atoms with Gasteiger partial charge in [0.2, 0.25) is 0 Å². The zero-order chi connectivity index (χ0) is 22.6. The quantitative estimate of drug-likeness (QED) is 0.464. The molecule has 0 atom stereocenters. The molecule has 0 aliphatic carbocycles. The summed E-state index contributed by atoms with van der Waals surface area (Å²) in [6, 6.07) is 25.6. The molecular formula is C28H36O2Si. The predicted molar refractivity (Wildman–Crippen MR) is 134 cm³/mol. The van der Waals surface area contributed by atoms with Crippen LogP contribution in [-0.4, -0.2) is 20.9 Å². The molecule has 0 aromatic heterocycles. The first-order valence-electron chi connectivity index (χ1n) is 11.2. The molecule has 0 radical (unpaired) electrons. The first kappa shape index (κ1) is 23.1. The van der Waals surface area contributed by atoms with Crippen molar-refractivity contribution >= 4 is 9.52 Å². The van der Waals surface area contributed by atoms with E-state index in [1.54, 1.807) is 0 Å². The van der Waals surface area contributed by atoms with E-state index in [0.29, 0.717) is 11.3 Å². The van der Waals surface area contributed by atoms with Crippen LogP contribution in [0.3, 0.4) is 0 Å². The van der Waals surface area contributed by atoms with Gasteiger partial charge in [0, 0.05) is 16.7 Å². The van der Waals surface area contributed by atoms with Gasteiger partial charge in [-0.05, 0) is 34.1 Å². The van der Waals surface area contributed by atoms with Crippen molar-refractivity contribution < 1.29 is 9.84 Å². The third kappa shape index (κ3) is 5.79. The zero-order valence-electron chi connectivity index (χ0n) is 19.8. The Labute approximate surface area is 190 Å². The van der Waals surface area contributed by atoms with Gasteiger partial charge in [-0.15, -0.1) is 0 Å². The minimum atomic E-state index is -0.602.